The third kappa shape index (κ3) is 3.77. The normalized spacial score (nSPS) is 14.6. The van der Waals surface area contributed by atoms with Crippen molar-refractivity contribution in [2.45, 2.75) is 25.6 Å². The molecule has 0 fully saturated rings. The van der Waals surface area contributed by atoms with E-state index in [-0.39, 0.29) is 11.2 Å². The van der Waals surface area contributed by atoms with Crippen LogP contribution in [0.3, 0.4) is 0 Å². The maximum absolute atomic E-state index is 12.4. The van der Waals surface area contributed by atoms with Crippen LogP contribution in [0.5, 0.6) is 5.75 Å². The summed E-state index contributed by atoms with van der Waals surface area (Å²) in [5.41, 5.74) is 5.06. The molecule has 1 aliphatic heterocycles. The molecule has 0 saturated carbocycles. The van der Waals surface area contributed by atoms with Crippen molar-refractivity contribution < 1.29 is 17.9 Å². The molecule has 4 rings (SSSR count). The smallest absolute Gasteiger partial charge is 0.406 e. The predicted octanol–water partition coefficient (Wildman–Crippen LogP) is 7.94. The third-order valence-corrected chi connectivity index (χ3v) is 5.58. The van der Waals surface area contributed by atoms with Crippen LogP contribution in [0.1, 0.15) is 25.0 Å². The number of anilines is 2. The Labute approximate surface area is 176 Å². The number of benzene rings is 3. The molecule has 2 nitrogen and oxygen atoms in total. The molecule has 150 valence electrons. The zero-order chi connectivity index (χ0) is 21.0. The number of hydrogen-bond acceptors (Lipinski definition) is 2. The molecule has 1 aliphatic rings. The molecule has 7 heteroatoms. The summed E-state index contributed by atoms with van der Waals surface area (Å²) in [4.78, 5) is 0. The minimum atomic E-state index is -4.71. The van der Waals surface area contributed by atoms with E-state index in [0.29, 0.717) is 10.0 Å². The lowest BCUT2D eigenvalue weighted by Gasteiger charge is -2.36. The fourth-order valence-corrected chi connectivity index (χ4v) is 4.54. The van der Waals surface area contributed by atoms with Gasteiger partial charge in [0, 0.05) is 32.4 Å². The molecular weight excluding hydrogens is 422 g/mol. The van der Waals surface area contributed by atoms with Gasteiger partial charge in [-0.1, -0.05) is 61.3 Å². The van der Waals surface area contributed by atoms with Crippen molar-refractivity contribution in [1.29, 1.82) is 0 Å². The van der Waals surface area contributed by atoms with Crippen LogP contribution >= 0.6 is 23.2 Å². The molecule has 29 heavy (non-hydrogen) atoms. The summed E-state index contributed by atoms with van der Waals surface area (Å²) >= 11 is 12.6. The van der Waals surface area contributed by atoms with Gasteiger partial charge in [0.1, 0.15) is 5.75 Å². The summed E-state index contributed by atoms with van der Waals surface area (Å²) in [6.07, 6.45) is -4.71. The summed E-state index contributed by atoms with van der Waals surface area (Å²) in [5.74, 6) is -0.253. The van der Waals surface area contributed by atoms with Crippen molar-refractivity contribution in [1.82, 2.24) is 0 Å². The molecule has 0 aromatic heterocycles. The Kier molecular flexibility index (Phi) is 4.71. The summed E-state index contributed by atoms with van der Waals surface area (Å²) in [5, 5.41) is 4.52. The Hall–Kier alpha value is -2.37. The first kappa shape index (κ1) is 19.9. The van der Waals surface area contributed by atoms with Crippen molar-refractivity contribution in [3.05, 3.63) is 75.8 Å². The number of alkyl halides is 3. The van der Waals surface area contributed by atoms with Gasteiger partial charge in [0.15, 0.2) is 0 Å². The highest BCUT2D eigenvalue weighted by Crippen LogP contribution is 2.49. The van der Waals surface area contributed by atoms with Crippen LogP contribution in [-0.2, 0) is 5.41 Å². The van der Waals surface area contributed by atoms with Crippen LogP contribution < -0.4 is 10.1 Å². The summed E-state index contributed by atoms with van der Waals surface area (Å²) in [7, 11) is 0. The fraction of sp³-hybridized carbons (Fsp3) is 0.182. The van der Waals surface area contributed by atoms with Crippen molar-refractivity contribution in [2.24, 2.45) is 0 Å². The zero-order valence-corrected chi connectivity index (χ0v) is 17.0. The Bertz CT molecular complexity index is 1090. The molecule has 0 aliphatic carbocycles. The summed E-state index contributed by atoms with van der Waals surface area (Å²) < 4.78 is 41.0. The molecule has 0 saturated heterocycles. The van der Waals surface area contributed by atoms with Crippen LogP contribution in [0.2, 0.25) is 10.0 Å². The molecule has 0 atom stereocenters. The number of hydrogen-bond donors (Lipinski definition) is 1. The molecule has 0 unspecified atom stereocenters. The molecule has 1 N–H and O–H groups in total. The van der Waals surface area contributed by atoms with E-state index in [1.165, 1.54) is 12.1 Å². The van der Waals surface area contributed by atoms with E-state index in [4.69, 9.17) is 23.2 Å². The van der Waals surface area contributed by atoms with Gasteiger partial charge in [0.05, 0.1) is 0 Å². The first-order chi connectivity index (χ1) is 13.5. The van der Waals surface area contributed by atoms with E-state index in [1.54, 1.807) is 18.2 Å². The van der Waals surface area contributed by atoms with Crippen molar-refractivity contribution in [3.8, 4) is 16.9 Å². The van der Waals surface area contributed by atoms with E-state index in [1.807, 2.05) is 24.3 Å². The monoisotopic (exact) mass is 437 g/mol. The average molecular weight is 438 g/mol. The molecule has 3 aromatic rings. The number of rotatable bonds is 2. The lowest BCUT2D eigenvalue weighted by molar-refractivity contribution is -0.274. The Morgan fingerprint density at radius 3 is 2.17 bits per heavy atom. The van der Waals surface area contributed by atoms with Gasteiger partial charge >= 0.3 is 6.36 Å². The molecule has 1 heterocycles. The third-order valence-electron chi connectivity index (χ3n) is 5.06. The SMILES string of the molecule is CC1(C)c2ccc(-c3ccc(OC(F)(F)F)cc3)cc2Nc2cc(Cl)cc(Cl)c21. The van der Waals surface area contributed by atoms with Gasteiger partial charge < -0.3 is 10.1 Å². The minimum Gasteiger partial charge on any atom is -0.406 e. The standard InChI is InChI=1S/C22H16Cl2F3NO/c1-21(2)16-8-5-13(12-3-6-15(7-4-12)29-22(25,26)27)9-18(16)28-19-11-14(23)10-17(24)20(19)21/h3-11,28H,1-2H3. The Morgan fingerprint density at radius 2 is 1.52 bits per heavy atom. The van der Waals surface area contributed by atoms with Gasteiger partial charge in [-0.25, -0.2) is 0 Å². The summed E-state index contributed by atoms with van der Waals surface area (Å²) in [6, 6.07) is 15.3. The number of ether oxygens (including phenoxy) is 1. The van der Waals surface area contributed by atoms with Gasteiger partial charge in [-0.15, -0.1) is 13.2 Å². The lowest BCUT2D eigenvalue weighted by Crippen LogP contribution is -2.26. The van der Waals surface area contributed by atoms with E-state index in [2.05, 4.69) is 23.9 Å². The second-order valence-electron chi connectivity index (χ2n) is 7.39. The van der Waals surface area contributed by atoms with E-state index < -0.39 is 6.36 Å². The number of halogens is 5. The second-order valence-corrected chi connectivity index (χ2v) is 8.24. The molecule has 0 spiro atoms. The van der Waals surface area contributed by atoms with Crippen LogP contribution in [0.15, 0.2) is 54.6 Å². The Morgan fingerprint density at radius 1 is 0.862 bits per heavy atom. The van der Waals surface area contributed by atoms with Gasteiger partial charge in [-0.2, -0.15) is 0 Å². The number of nitrogens with one attached hydrogen (secondary N) is 1. The molecular formula is C22H16Cl2F3NO. The van der Waals surface area contributed by atoms with Crippen LogP contribution in [0.4, 0.5) is 24.5 Å². The molecule has 0 amide bonds. The molecule has 0 bridgehead atoms. The first-order valence-corrected chi connectivity index (χ1v) is 9.57. The van der Waals surface area contributed by atoms with Crippen LogP contribution in [0, 0.1) is 0 Å². The maximum atomic E-state index is 12.4. The van der Waals surface area contributed by atoms with Gasteiger partial charge in [-0.05, 0) is 47.0 Å². The van der Waals surface area contributed by atoms with Crippen molar-refractivity contribution in [2.75, 3.05) is 5.32 Å². The molecule has 0 radical (unpaired) electrons. The Balaban J connectivity index is 1.72. The van der Waals surface area contributed by atoms with Gasteiger partial charge in [0.2, 0.25) is 0 Å². The maximum Gasteiger partial charge on any atom is 0.573 e. The highest BCUT2D eigenvalue weighted by molar-refractivity contribution is 6.36. The minimum absolute atomic E-state index is 0.253. The molecule has 3 aromatic carbocycles. The van der Waals surface area contributed by atoms with Crippen molar-refractivity contribution >= 4 is 34.6 Å². The largest absolute Gasteiger partial charge is 0.573 e. The second kappa shape index (κ2) is 6.85. The zero-order valence-electron chi connectivity index (χ0n) is 15.5. The van der Waals surface area contributed by atoms with Crippen molar-refractivity contribution in [3.63, 3.8) is 0 Å². The average Bonchev–Trinajstić information content (AvgIpc) is 2.59. The quantitative estimate of drug-likeness (QED) is 0.439. The topological polar surface area (TPSA) is 21.3 Å². The first-order valence-electron chi connectivity index (χ1n) is 8.82. The van der Waals surface area contributed by atoms with E-state index in [0.717, 1.165) is 33.6 Å². The number of fused-ring (bicyclic) bond motifs is 2. The fourth-order valence-electron chi connectivity index (χ4n) is 3.81. The van der Waals surface area contributed by atoms with Crippen LogP contribution in [-0.4, -0.2) is 6.36 Å². The van der Waals surface area contributed by atoms with E-state index in [9.17, 15) is 13.2 Å². The van der Waals surface area contributed by atoms with Crippen LogP contribution in [0.25, 0.3) is 11.1 Å². The predicted molar refractivity (Wildman–Crippen MR) is 110 cm³/mol. The summed E-state index contributed by atoms with van der Waals surface area (Å²) in [6.45, 7) is 4.18. The highest BCUT2D eigenvalue weighted by atomic mass is 35.5. The highest BCUT2D eigenvalue weighted by Gasteiger charge is 2.35. The van der Waals surface area contributed by atoms with Gasteiger partial charge in [-0.3, -0.25) is 0 Å². The van der Waals surface area contributed by atoms with Gasteiger partial charge in [0.25, 0.3) is 0 Å². The van der Waals surface area contributed by atoms with E-state index >= 15 is 0 Å². The lowest BCUT2D eigenvalue weighted by atomic mass is 9.74.